The summed E-state index contributed by atoms with van der Waals surface area (Å²) in [6.45, 7) is 3.54. The van der Waals surface area contributed by atoms with Gasteiger partial charge in [0.15, 0.2) is 0 Å². The van der Waals surface area contributed by atoms with Crippen LogP contribution in [0.5, 0.6) is 0 Å². The van der Waals surface area contributed by atoms with Crippen molar-refractivity contribution in [3.05, 3.63) is 0 Å². The number of nitrogens with zero attached hydrogens (tertiary/aromatic N) is 2. The van der Waals surface area contributed by atoms with Crippen LogP contribution in [-0.2, 0) is 19.2 Å². The van der Waals surface area contributed by atoms with Crippen LogP contribution in [0.1, 0.15) is 19.8 Å². The smallest absolute Gasteiger partial charge is 0.320 e. The zero-order valence-electron chi connectivity index (χ0n) is 16.8. The zero-order valence-corrected chi connectivity index (χ0v) is 16.8. The van der Waals surface area contributed by atoms with Crippen LogP contribution in [0.25, 0.3) is 0 Å². The number of amides is 1. The van der Waals surface area contributed by atoms with E-state index in [1.165, 1.54) is 0 Å². The lowest BCUT2D eigenvalue weighted by atomic mass is 10.1. The molecule has 7 N–H and O–H groups in total. The molecule has 0 radical (unpaired) electrons. The van der Waals surface area contributed by atoms with E-state index in [9.17, 15) is 24.3 Å². The number of nitrogens with one attached hydrogen (secondary N) is 2. The Bertz CT molecular complexity index is 532. The molecule has 0 aliphatic heterocycles. The van der Waals surface area contributed by atoms with E-state index in [4.69, 9.17) is 15.9 Å². The third kappa shape index (κ3) is 13.5. The minimum Gasteiger partial charge on any atom is -0.480 e. The first-order valence-electron chi connectivity index (χ1n) is 9.51. The second-order valence-corrected chi connectivity index (χ2v) is 6.40. The van der Waals surface area contributed by atoms with Gasteiger partial charge in [-0.15, -0.1) is 0 Å². The number of rotatable bonds is 18. The molecule has 12 nitrogen and oxygen atoms in total. The van der Waals surface area contributed by atoms with E-state index in [0.29, 0.717) is 32.7 Å². The summed E-state index contributed by atoms with van der Waals surface area (Å²) in [5.74, 6) is -3.36. The fourth-order valence-corrected chi connectivity index (χ4v) is 2.73. The van der Waals surface area contributed by atoms with Crippen LogP contribution >= 0.6 is 0 Å². The normalized spacial score (nSPS) is 12.1. The van der Waals surface area contributed by atoms with Gasteiger partial charge in [0, 0.05) is 45.7 Å². The molecule has 12 heteroatoms. The van der Waals surface area contributed by atoms with Gasteiger partial charge in [-0.25, -0.2) is 0 Å². The maximum absolute atomic E-state index is 11.7. The van der Waals surface area contributed by atoms with Crippen molar-refractivity contribution >= 4 is 23.8 Å². The van der Waals surface area contributed by atoms with Crippen LogP contribution in [0.4, 0.5) is 0 Å². The Labute approximate surface area is 170 Å². The molecule has 0 rings (SSSR count). The predicted molar refractivity (Wildman–Crippen MR) is 105 cm³/mol. The van der Waals surface area contributed by atoms with Gasteiger partial charge in [-0.05, 0) is 13.0 Å². The number of hydrogen-bond acceptors (Lipinski definition) is 8. The van der Waals surface area contributed by atoms with Crippen molar-refractivity contribution in [3.63, 3.8) is 0 Å². The van der Waals surface area contributed by atoms with Crippen LogP contribution in [-0.4, -0.2) is 114 Å². The number of carbonyl (C=O) groups excluding carboxylic acids is 1. The molecule has 0 aliphatic rings. The van der Waals surface area contributed by atoms with E-state index in [-0.39, 0.29) is 44.9 Å². The van der Waals surface area contributed by atoms with Crippen LogP contribution < -0.4 is 16.4 Å². The van der Waals surface area contributed by atoms with Gasteiger partial charge in [-0.2, -0.15) is 0 Å². The maximum atomic E-state index is 11.7. The van der Waals surface area contributed by atoms with Crippen molar-refractivity contribution in [2.24, 2.45) is 5.73 Å². The minimum absolute atomic E-state index is 0.0470. The van der Waals surface area contributed by atoms with E-state index < -0.39 is 23.9 Å². The van der Waals surface area contributed by atoms with Gasteiger partial charge in [0.25, 0.3) is 0 Å². The first kappa shape index (κ1) is 26.7. The second kappa shape index (κ2) is 15.6. The largest absolute Gasteiger partial charge is 0.480 e. The molecule has 1 atom stereocenters. The molecule has 0 spiro atoms. The molecule has 1 unspecified atom stereocenters. The van der Waals surface area contributed by atoms with Crippen molar-refractivity contribution in [3.8, 4) is 0 Å². The van der Waals surface area contributed by atoms with Crippen LogP contribution in [0.2, 0.25) is 0 Å². The summed E-state index contributed by atoms with van der Waals surface area (Å²) in [5.41, 5.74) is 5.31. The summed E-state index contributed by atoms with van der Waals surface area (Å²) in [4.78, 5) is 48.2. The number of carbonyl (C=O) groups is 4. The Kier molecular flexibility index (Phi) is 14.4. The third-order valence-corrected chi connectivity index (χ3v) is 4.19. The Hall–Kier alpha value is -2.28. The highest BCUT2D eigenvalue weighted by molar-refractivity contribution is 5.78. The van der Waals surface area contributed by atoms with Crippen molar-refractivity contribution in [2.45, 2.75) is 25.8 Å². The summed E-state index contributed by atoms with van der Waals surface area (Å²) in [6.07, 6.45) is 0.171. The Balaban J connectivity index is 4.73. The van der Waals surface area contributed by atoms with E-state index in [2.05, 4.69) is 10.6 Å². The monoisotopic (exact) mass is 419 g/mol. The van der Waals surface area contributed by atoms with Gasteiger partial charge in [0.05, 0.1) is 13.1 Å². The Morgan fingerprint density at radius 2 is 1.69 bits per heavy atom. The number of carboxylic acid groups (broad SMARTS) is 3. The number of hydrogen-bond donors (Lipinski definition) is 6. The molecular weight excluding hydrogens is 386 g/mol. The lowest BCUT2D eigenvalue weighted by molar-refractivity contribution is -0.144. The average molecular weight is 419 g/mol. The highest BCUT2D eigenvalue weighted by Gasteiger charge is 2.25. The molecule has 1 amide bonds. The van der Waals surface area contributed by atoms with Gasteiger partial charge in [-0.1, -0.05) is 6.92 Å². The lowest BCUT2D eigenvalue weighted by Crippen LogP contribution is -2.47. The van der Waals surface area contributed by atoms with Crippen molar-refractivity contribution in [1.29, 1.82) is 0 Å². The highest BCUT2D eigenvalue weighted by atomic mass is 16.4. The molecule has 168 valence electrons. The summed E-state index contributed by atoms with van der Waals surface area (Å²) in [6, 6.07) is -0.875. The minimum atomic E-state index is -1.05. The maximum Gasteiger partial charge on any atom is 0.320 e. The van der Waals surface area contributed by atoms with Gasteiger partial charge >= 0.3 is 17.9 Å². The Morgan fingerprint density at radius 1 is 1.00 bits per heavy atom. The Morgan fingerprint density at radius 3 is 2.21 bits per heavy atom. The van der Waals surface area contributed by atoms with E-state index in [1.54, 1.807) is 16.7 Å². The van der Waals surface area contributed by atoms with E-state index in [1.807, 2.05) is 0 Å². The summed E-state index contributed by atoms with van der Waals surface area (Å²) >= 11 is 0. The van der Waals surface area contributed by atoms with Crippen molar-refractivity contribution in [1.82, 2.24) is 20.4 Å². The number of nitrogens with two attached hydrogens (primary N) is 1. The van der Waals surface area contributed by atoms with E-state index >= 15 is 0 Å². The molecule has 29 heavy (non-hydrogen) atoms. The molecule has 0 aliphatic carbocycles. The fourth-order valence-electron chi connectivity index (χ4n) is 2.73. The number of carboxylic acids is 3. The summed E-state index contributed by atoms with van der Waals surface area (Å²) < 4.78 is 0. The SMILES string of the molecule is CCN(CCN(CCNCC(=O)O)CC(=O)O)C(CCC(=O)NCCN)C(=O)O. The number of aliphatic carboxylic acids is 3. The molecule has 0 saturated heterocycles. The first-order valence-corrected chi connectivity index (χ1v) is 9.51. The fraction of sp³-hybridized carbons (Fsp3) is 0.765. The second-order valence-electron chi connectivity index (χ2n) is 6.40. The average Bonchev–Trinajstić information content (AvgIpc) is 2.64. The van der Waals surface area contributed by atoms with Gasteiger partial charge in [0.1, 0.15) is 6.04 Å². The number of likely N-dealkylation sites (N-methyl/N-ethyl adjacent to an activating group) is 1. The lowest BCUT2D eigenvalue weighted by Gasteiger charge is -2.30. The molecule has 0 aromatic carbocycles. The molecule has 0 fully saturated rings. The summed E-state index contributed by atoms with van der Waals surface area (Å²) in [5, 5.41) is 32.5. The van der Waals surface area contributed by atoms with Gasteiger partial charge < -0.3 is 31.7 Å². The molecule has 0 saturated carbocycles. The van der Waals surface area contributed by atoms with E-state index in [0.717, 1.165) is 0 Å². The van der Waals surface area contributed by atoms with Crippen molar-refractivity contribution < 1.29 is 34.5 Å². The standard InChI is InChI=1S/C17H33N5O7/c1-2-22(13(17(28)29)3-4-14(23)20-6-5-18)10-9-21(12-16(26)27)8-7-19-11-15(24)25/h13,19H,2-12,18H2,1H3,(H,20,23)(H,24,25)(H,26,27)(H,28,29). The molecule has 0 aromatic rings. The highest BCUT2D eigenvalue weighted by Crippen LogP contribution is 2.08. The third-order valence-electron chi connectivity index (χ3n) is 4.19. The molecular formula is C17H33N5O7. The molecule has 0 heterocycles. The quantitative estimate of drug-likeness (QED) is 0.131. The summed E-state index contributed by atoms with van der Waals surface area (Å²) in [7, 11) is 0. The van der Waals surface area contributed by atoms with Crippen LogP contribution in [0.15, 0.2) is 0 Å². The zero-order chi connectivity index (χ0) is 22.2. The van der Waals surface area contributed by atoms with Crippen LogP contribution in [0.3, 0.4) is 0 Å². The van der Waals surface area contributed by atoms with Gasteiger partial charge in [-0.3, -0.25) is 29.0 Å². The predicted octanol–water partition coefficient (Wildman–Crippen LogP) is -2.32. The van der Waals surface area contributed by atoms with Crippen LogP contribution in [0, 0.1) is 0 Å². The van der Waals surface area contributed by atoms with Gasteiger partial charge in [0.2, 0.25) is 5.91 Å². The molecule has 0 bridgehead atoms. The topological polar surface area (TPSA) is 186 Å². The first-order chi connectivity index (χ1) is 13.7. The van der Waals surface area contributed by atoms with Crippen molar-refractivity contribution in [2.75, 3.05) is 58.9 Å². The molecule has 0 aromatic heterocycles.